The SMILES string of the molecule is O=C1CC(C(=O)O)CO1.O=C1CC(C(=O)O)CO1. The van der Waals surface area contributed by atoms with Gasteiger partial charge in [-0.2, -0.15) is 0 Å². The van der Waals surface area contributed by atoms with Crippen LogP contribution in [-0.4, -0.2) is 47.3 Å². The van der Waals surface area contributed by atoms with E-state index in [2.05, 4.69) is 9.47 Å². The van der Waals surface area contributed by atoms with Crippen molar-refractivity contribution in [1.82, 2.24) is 0 Å². The standard InChI is InChI=1S/2C5H6O4/c2*6-4-1-3(2-9-4)5(7)8/h2*3H,1-2H2,(H,7,8). The first kappa shape index (κ1) is 13.9. The van der Waals surface area contributed by atoms with E-state index in [1.54, 1.807) is 0 Å². The van der Waals surface area contributed by atoms with Gasteiger partial charge >= 0.3 is 23.9 Å². The maximum absolute atomic E-state index is 10.3. The molecule has 0 radical (unpaired) electrons. The van der Waals surface area contributed by atoms with Crippen LogP contribution in [0.4, 0.5) is 0 Å². The molecule has 2 fully saturated rings. The number of hydrogen-bond donors (Lipinski definition) is 2. The van der Waals surface area contributed by atoms with Crippen molar-refractivity contribution in [2.75, 3.05) is 13.2 Å². The smallest absolute Gasteiger partial charge is 0.310 e. The number of esters is 2. The van der Waals surface area contributed by atoms with Crippen molar-refractivity contribution in [3.8, 4) is 0 Å². The van der Waals surface area contributed by atoms with Crippen LogP contribution >= 0.6 is 0 Å². The summed E-state index contributed by atoms with van der Waals surface area (Å²) in [6.45, 7) is 0.0718. The third-order valence-electron chi connectivity index (χ3n) is 2.42. The van der Waals surface area contributed by atoms with E-state index in [0.717, 1.165) is 0 Å². The van der Waals surface area contributed by atoms with Crippen molar-refractivity contribution in [3.63, 3.8) is 0 Å². The van der Waals surface area contributed by atoms with E-state index in [4.69, 9.17) is 10.2 Å². The molecule has 2 aliphatic rings. The topological polar surface area (TPSA) is 127 Å². The lowest BCUT2D eigenvalue weighted by Crippen LogP contribution is -2.12. The highest BCUT2D eigenvalue weighted by atomic mass is 16.5. The average Bonchev–Trinajstić information content (AvgIpc) is 2.88. The Morgan fingerprint density at radius 3 is 1.33 bits per heavy atom. The summed E-state index contributed by atoms with van der Waals surface area (Å²) in [5, 5.41) is 16.6. The number of carbonyl (C=O) groups is 4. The van der Waals surface area contributed by atoms with Crippen LogP contribution in [0.1, 0.15) is 12.8 Å². The van der Waals surface area contributed by atoms with E-state index in [-0.39, 0.29) is 26.1 Å². The summed E-state index contributed by atoms with van der Waals surface area (Å²) in [6, 6.07) is 0. The Kier molecular flexibility index (Phi) is 4.64. The van der Waals surface area contributed by atoms with Gasteiger partial charge in [0.05, 0.1) is 12.8 Å². The van der Waals surface area contributed by atoms with Crippen LogP contribution in [0.25, 0.3) is 0 Å². The number of cyclic esters (lactones) is 2. The van der Waals surface area contributed by atoms with E-state index >= 15 is 0 Å². The van der Waals surface area contributed by atoms with Crippen LogP contribution in [0.5, 0.6) is 0 Å². The maximum Gasteiger partial charge on any atom is 0.310 e. The molecule has 2 rings (SSSR count). The predicted octanol–water partition coefficient (Wildman–Crippen LogP) is -0.732. The molecule has 0 saturated carbocycles. The Morgan fingerprint density at radius 2 is 1.22 bits per heavy atom. The molecule has 0 aromatic heterocycles. The molecule has 100 valence electrons. The van der Waals surface area contributed by atoms with Gasteiger partial charge in [0.25, 0.3) is 0 Å². The predicted molar refractivity (Wildman–Crippen MR) is 53.4 cm³/mol. The lowest BCUT2D eigenvalue weighted by atomic mass is 10.1. The molecule has 2 aliphatic heterocycles. The monoisotopic (exact) mass is 260 g/mol. The molecule has 2 unspecified atom stereocenters. The highest BCUT2D eigenvalue weighted by Gasteiger charge is 2.29. The van der Waals surface area contributed by atoms with Gasteiger partial charge in [-0.3, -0.25) is 19.2 Å². The van der Waals surface area contributed by atoms with Crippen LogP contribution in [0, 0.1) is 11.8 Å². The number of aliphatic carboxylic acids is 2. The largest absolute Gasteiger partial charge is 0.481 e. The first-order valence-electron chi connectivity index (χ1n) is 5.17. The summed E-state index contributed by atoms with van der Waals surface area (Å²) < 4.78 is 8.81. The van der Waals surface area contributed by atoms with Crippen LogP contribution in [0.15, 0.2) is 0 Å². The molecule has 8 nitrogen and oxygen atoms in total. The summed E-state index contributed by atoms with van der Waals surface area (Å²) in [7, 11) is 0. The lowest BCUT2D eigenvalue weighted by Gasteiger charge is -1.93. The van der Waals surface area contributed by atoms with Crippen LogP contribution in [0.2, 0.25) is 0 Å². The fourth-order valence-electron chi connectivity index (χ4n) is 1.34. The zero-order valence-electron chi connectivity index (χ0n) is 9.33. The third kappa shape index (κ3) is 4.04. The Hall–Kier alpha value is -2.12. The zero-order valence-corrected chi connectivity index (χ0v) is 9.33. The van der Waals surface area contributed by atoms with Crippen molar-refractivity contribution < 1.29 is 38.9 Å². The van der Waals surface area contributed by atoms with Gasteiger partial charge < -0.3 is 19.7 Å². The minimum Gasteiger partial charge on any atom is -0.481 e. The average molecular weight is 260 g/mol. The van der Waals surface area contributed by atoms with E-state index in [9.17, 15) is 19.2 Å². The van der Waals surface area contributed by atoms with Crippen LogP contribution in [-0.2, 0) is 28.7 Å². The van der Waals surface area contributed by atoms with Gasteiger partial charge in [-0.1, -0.05) is 0 Å². The Morgan fingerprint density at radius 1 is 0.889 bits per heavy atom. The quantitative estimate of drug-likeness (QED) is 0.622. The van der Waals surface area contributed by atoms with Gasteiger partial charge in [-0.05, 0) is 0 Å². The second kappa shape index (κ2) is 5.99. The molecular formula is C10H12O8. The molecule has 18 heavy (non-hydrogen) atoms. The molecule has 0 bridgehead atoms. The van der Waals surface area contributed by atoms with E-state index in [1.165, 1.54) is 0 Å². The van der Waals surface area contributed by atoms with Gasteiger partial charge in [0.15, 0.2) is 0 Å². The molecule has 0 spiro atoms. The highest BCUT2D eigenvalue weighted by molar-refractivity contribution is 5.82. The number of rotatable bonds is 2. The van der Waals surface area contributed by atoms with Crippen molar-refractivity contribution in [1.29, 1.82) is 0 Å². The normalized spacial score (nSPS) is 25.8. The summed E-state index contributed by atoms with van der Waals surface area (Å²) in [6.07, 6.45) is 0.0463. The summed E-state index contributed by atoms with van der Waals surface area (Å²) >= 11 is 0. The number of carboxylic acid groups (broad SMARTS) is 2. The minimum absolute atomic E-state index is 0.0231. The third-order valence-corrected chi connectivity index (χ3v) is 2.42. The van der Waals surface area contributed by atoms with Crippen LogP contribution in [0.3, 0.4) is 0 Å². The number of ether oxygens (including phenoxy) is 2. The number of hydrogen-bond acceptors (Lipinski definition) is 6. The number of carbonyl (C=O) groups excluding carboxylic acids is 2. The van der Waals surface area contributed by atoms with Crippen LogP contribution < -0.4 is 0 Å². The summed E-state index contributed by atoms with van der Waals surface area (Å²) in [5.74, 6) is -3.97. The molecular weight excluding hydrogens is 248 g/mol. The molecule has 2 atom stereocenters. The molecule has 8 heteroatoms. The molecule has 0 aliphatic carbocycles. The van der Waals surface area contributed by atoms with Crippen molar-refractivity contribution >= 4 is 23.9 Å². The first-order valence-corrected chi connectivity index (χ1v) is 5.17. The molecule has 2 N–H and O–H groups in total. The zero-order chi connectivity index (χ0) is 13.7. The molecule has 2 saturated heterocycles. The van der Waals surface area contributed by atoms with Gasteiger partial charge in [0.2, 0.25) is 0 Å². The lowest BCUT2D eigenvalue weighted by molar-refractivity contribution is -0.142. The van der Waals surface area contributed by atoms with Crippen molar-refractivity contribution in [2.24, 2.45) is 11.8 Å². The first-order chi connectivity index (χ1) is 8.40. The van der Waals surface area contributed by atoms with E-state index in [1.807, 2.05) is 0 Å². The summed E-state index contributed by atoms with van der Waals surface area (Å²) in [4.78, 5) is 40.8. The molecule has 0 aromatic carbocycles. The maximum atomic E-state index is 10.3. The fourth-order valence-corrected chi connectivity index (χ4v) is 1.34. The van der Waals surface area contributed by atoms with Crippen molar-refractivity contribution in [2.45, 2.75) is 12.8 Å². The van der Waals surface area contributed by atoms with Gasteiger partial charge in [-0.15, -0.1) is 0 Å². The summed E-state index contributed by atoms with van der Waals surface area (Å²) in [5.41, 5.74) is 0. The fraction of sp³-hybridized carbons (Fsp3) is 0.600. The molecule has 0 amide bonds. The van der Waals surface area contributed by atoms with Gasteiger partial charge in [0, 0.05) is 0 Å². The van der Waals surface area contributed by atoms with Gasteiger partial charge in [0.1, 0.15) is 25.0 Å². The van der Waals surface area contributed by atoms with E-state index < -0.39 is 35.7 Å². The van der Waals surface area contributed by atoms with E-state index in [0.29, 0.717) is 0 Å². The second-order valence-corrected chi connectivity index (χ2v) is 3.84. The Bertz CT molecular complexity index is 338. The number of carboxylic acids is 2. The minimum atomic E-state index is -0.958. The highest BCUT2D eigenvalue weighted by Crippen LogP contribution is 2.13. The molecule has 0 aromatic rings. The Balaban J connectivity index is 0.000000180. The molecule has 2 heterocycles. The Labute approximate surface area is 101 Å². The van der Waals surface area contributed by atoms with Gasteiger partial charge in [-0.25, -0.2) is 0 Å². The van der Waals surface area contributed by atoms with Crippen molar-refractivity contribution in [3.05, 3.63) is 0 Å². The second-order valence-electron chi connectivity index (χ2n) is 3.84.